The Morgan fingerprint density at radius 3 is 2.58 bits per heavy atom. The lowest BCUT2D eigenvalue weighted by molar-refractivity contribution is -0.120. The summed E-state index contributed by atoms with van der Waals surface area (Å²) in [6.07, 6.45) is 0.674. The summed E-state index contributed by atoms with van der Waals surface area (Å²) in [5.74, 6) is -0.0513. The molecule has 0 aliphatic carbocycles. The average Bonchev–Trinajstić information content (AvgIpc) is 2.42. The van der Waals surface area contributed by atoms with Gasteiger partial charge < -0.3 is 16.2 Å². The molecule has 1 rings (SSSR count). The molecular formula is C14H23N3O2. The number of nitrogen functional groups attached to an aromatic ring is 1. The van der Waals surface area contributed by atoms with Gasteiger partial charge in [-0.3, -0.25) is 9.69 Å². The highest BCUT2D eigenvalue weighted by atomic mass is 16.3. The molecule has 1 unspecified atom stereocenters. The van der Waals surface area contributed by atoms with Gasteiger partial charge in [-0.05, 0) is 44.2 Å². The van der Waals surface area contributed by atoms with Crippen LogP contribution in [0.3, 0.4) is 0 Å². The third-order valence-electron chi connectivity index (χ3n) is 3.12. The van der Waals surface area contributed by atoms with Crippen LogP contribution in [-0.2, 0) is 4.79 Å². The van der Waals surface area contributed by atoms with Crippen LogP contribution < -0.4 is 11.1 Å². The molecule has 0 aliphatic heterocycles. The second-order valence-corrected chi connectivity index (χ2v) is 4.49. The summed E-state index contributed by atoms with van der Waals surface area (Å²) in [4.78, 5) is 14.1. The Kier molecular flexibility index (Phi) is 6.32. The number of aliphatic hydroxyl groups is 1. The number of amides is 1. The number of aliphatic hydroxyl groups excluding tert-OH is 1. The maximum Gasteiger partial charge on any atom is 0.241 e. The number of rotatable bonds is 7. The van der Waals surface area contributed by atoms with Crippen molar-refractivity contribution in [3.8, 4) is 0 Å². The van der Waals surface area contributed by atoms with Crippen molar-refractivity contribution in [1.29, 1.82) is 0 Å². The van der Waals surface area contributed by atoms with Crippen molar-refractivity contribution < 1.29 is 9.90 Å². The molecule has 0 fully saturated rings. The summed E-state index contributed by atoms with van der Waals surface area (Å²) < 4.78 is 0. The maximum atomic E-state index is 12.1. The number of nitrogens with one attached hydrogen (secondary N) is 1. The molecule has 0 heterocycles. The molecule has 1 aromatic carbocycles. The Hall–Kier alpha value is -1.59. The number of carbonyl (C=O) groups excluding carboxylic acids is 1. The van der Waals surface area contributed by atoms with Crippen molar-refractivity contribution in [2.24, 2.45) is 0 Å². The van der Waals surface area contributed by atoms with Crippen molar-refractivity contribution in [1.82, 2.24) is 4.90 Å². The van der Waals surface area contributed by atoms with E-state index in [1.54, 1.807) is 24.3 Å². The lowest BCUT2D eigenvalue weighted by Crippen LogP contribution is -2.42. The Labute approximate surface area is 114 Å². The number of hydrogen-bond acceptors (Lipinski definition) is 4. The number of hydrogen-bond donors (Lipinski definition) is 3. The Morgan fingerprint density at radius 2 is 2.05 bits per heavy atom. The minimum absolute atomic E-state index is 0.0513. The van der Waals surface area contributed by atoms with Crippen LogP contribution in [0.5, 0.6) is 0 Å². The van der Waals surface area contributed by atoms with Crippen LogP contribution in [-0.4, -0.2) is 41.7 Å². The molecule has 4 N–H and O–H groups in total. The van der Waals surface area contributed by atoms with Gasteiger partial charge in [0.15, 0.2) is 0 Å². The summed E-state index contributed by atoms with van der Waals surface area (Å²) in [7, 11) is 0. The van der Waals surface area contributed by atoms with Gasteiger partial charge in [-0.15, -0.1) is 0 Å². The third-order valence-corrected chi connectivity index (χ3v) is 3.12. The van der Waals surface area contributed by atoms with Gasteiger partial charge in [0.25, 0.3) is 0 Å². The van der Waals surface area contributed by atoms with Crippen molar-refractivity contribution in [3.63, 3.8) is 0 Å². The lowest BCUT2D eigenvalue weighted by Gasteiger charge is -2.26. The van der Waals surface area contributed by atoms with Crippen molar-refractivity contribution in [2.45, 2.75) is 26.3 Å². The molecule has 0 saturated heterocycles. The Balaban J connectivity index is 2.57. The van der Waals surface area contributed by atoms with Crippen molar-refractivity contribution >= 4 is 17.3 Å². The maximum absolute atomic E-state index is 12.1. The molecule has 0 radical (unpaired) electrons. The van der Waals surface area contributed by atoms with Gasteiger partial charge in [-0.1, -0.05) is 6.92 Å². The normalized spacial score (nSPS) is 12.4. The standard InChI is InChI=1S/C14H23N3O2/c1-3-17(9-4-10-18)11(2)14(19)16-13-7-5-12(15)6-8-13/h5-8,11,18H,3-4,9-10,15H2,1-2H3,(H,16,19). The largest absolute Gasteiger partial charge is 0.399 e. The first-order valence-corrected chi connectivity index (χ1v) is 6.59. The van der Waals surface area contributed by atoms with E-state index in [2.05, 4.69) is 5.32 Å². The van der Waals surface area contributed by atoms with Crippen LogP contribution in [0.4, 0.5) is 11.4 Å². The van der Waals surface area contributed by atoms with E-state index in [9.17, 15) is 4.79 Å². The van der Waals surface area contributed by atoms with E-state index in [4.69, 9.17) is 10.8 Å². The molecule has 0 aliphatic rings. The van der Waals surface area contributed by atoms with E-state index in [1.807, 2.05) is 18.7 Å². The molecule has 1 amide bonds. The predicted molar refractivity (Wildman–Crippen MR) is 77.9 cm³/mol. The highest BCUT2D eigenvalue weighted by Gasteiger charge is 2.19. The molecule has 0 aromatic heterocycles. The molecule has 1 aromatic rings. The molecular weight excluding hydrogens is 242 g/mol. The fraction of sp³-hybridized carbons (Fsp3) is 0.500. The van der Waals surface area contributed by atoms with Crippen LogP contribution in [0.15, 0.2) is 24.3 Å². The highest BCUT2D eigenvalue weighted by Crippen LogP contribution is 2.12. The van der Waals surface area contributed by atoms with Gasteiger partial charge >= 0.3 is 0 Å². The second kappa shape index (κ2) is 7.76. The molecule has 5 heteroatoms. The van der Waals surface area contributed by atoms with Crippen molar-refractivity contribution in [3.05, 3.63) is 24.3 Å². The number of benzene rings is 1. The van der Waals surface area contributed by atoms with Crippen molar-refractivity contribution in [2.75, 3.05) is 30.7 Å². The number of nitrogens with zero attached hydrogens (tertiary/aromatic N) is 1. The smallest absolute Gasteiger partial charge is 0.241 e. The quantitative estimate of drug-likeness (QED) is 0.649. The van der Waals surface area contributed by atoms with Crippen LogP contribution in [0.2, 0.25) is 0 Å². The zero-order valence-electron chi connectivity index (χ0n) is 11.6. The Morgan fingerprint density at radius 1 is 1.42 bits per heavy atom. The first-order chi connectivity index (χ1) is 9.08. The first kappa shape index (κ1) is 15.5. The van der Waals surface area contributed by atoms with Gasteiger partial charge in [0.2, 0.25) is 5.91 Å². The Bertz CT molecular complexity index is 392. The van der Waals surface area contributed by atoms with Gasteiger partial charge in [0.1, 0.15) is 0 Å². The fourth-order valence-electron chi connectivity index (χ4n) is 1.88. The summed E-state index contributed by atoms with van der Waals surface area (Å²) in [5, 5.41) is 11.7. The summed E-state index contributed by atoms with van der Waals surface area (Å²) in [6.45, 7) is 5.50. The molecule has 0 saturated carbocycles. The zero-order chi connectivity index (χ0) is 14.3. The molecule has 0 spiro atoms. The second-order valence-electron chi connectivity index (χ2n) is 4.49. The van der Waals surface area contributed by atoms with Crippen LogP contribution >= 0.6 is 0 Å². The fourth-order valence-corrected chi connectivity index (χ4v) is 1.88. The number of carbonyl (C=O) groups is 1. The summed E-state index contributed by atoms with van der Waals surface area (Å²) >= 11 is 0. The first-order valence-electron chi connectivity index (χ1n) is 6.59. The molecule has 5 nitrogen and oxygen atoms in total. The number of nitrogens with two attached hydrogens (primary N) is 1. The predicted octanol–water partition coefficient (Wildman–Crippen LogP) is 1.30. The molecule has 19 heavy (non-hydrogen) atoms. The monoisotopic (exact) mass is 265 g/mol. The van der Waals surface area contributed by atoms with E-state index >= 15 is 0 Å². The average molecular weight is 265 g/mol. The minimum Gasteiger partial charge on any atom is -0.399 e. The van der Waals surface area contributed by atoms with Crippen LogP contribution in [0.1, 0.15) is 20.3 Å². The number of likely N-dealkylation sites (N-methyl/N-ethyl adjacent to an activating group) is 1. The SMILES string of the molecule is CCN(CCCO)C(C)C(=O)Nc1ccc(N)cc1. The van der Waals surface area contributed by atoms with E-state index in [1.165, 1.54) is 0 Å². The minimum atomic E-state index is -0.228. The van der Waals surface area contributed by atoms with Gasteiger partial charge in [-0.2, -0.15) is 0 Å². The molecule has 1 atom stereocenters. The van der Waals surface area contributed by atoms with E-state index < -0.39 is 0 Å². The van der Waals surface area contributed by atoms with E-state index in [0.717, 1.165) is 12.2 Å². The van der Waals surface area contributed by atoms with Crippen LogP contribution in [0.25, 0.3) is 0 Å². The molecule has 106 valence electrons. The summed E-state index contributed by atoms with van der Waals surface area (Å²) in [6, 6.07) is 6.84. The molecule has 0 bridgehead atoms. The van der Waals surface area contributed by atoms with E-state index in [0.29, 0.717) is 18.7 Å². The van der Waals surface area contributed by atoms with Gasteiger partial charge in [0, 0.05) is 24.5 Å². The zero-order valence-corrected chi connectivity index (χ0v) is 11.6. The van der Waals surface area contributed by atoms with Crippen LogP contribution in [0, 0.1) is 0 Å². The lowest BCUT2D eigenvalue weighted by atomic mass is 10.2. The summed E-state index contributed by atoms with van der Waals surface area (Å²) in [5.41, 5.74) is 7.01. The highest BCUT2D eigenvalue weighted by molar-refractivity contribution is 5.94. The van der Waals surface area contributed by atoms with Gasteiger partial charge in [0.05, 0.1) is 6.04 Å². The topological polar surface area (TPSA) is 78.6 Å². The van der Waals surface area contributed by atoms with Gasteiger partial charge in [-0.25, -0.2) is 0 Å². The third kappa shape index (κ3) is 4.89. The van der Waals surface area contributed by atoms with E-state index in [-0.39, 0.29) is 18.6 Å². The number of anilines is 2.